The molecule has 4 nitrogen and oxygen atoms in total. The highest BCUT2D eigenvalue weighted by molar-refractivity contribution is 5.81. The third-order valence-electron chi connectivity index (χ3n) is 2.13. The third kappa shape index (κ3) is 5.34. The lowest BCUT2D eigenvalue weighted by atomic mass is 10.0. The quantitative estimate of drug-likeness (QED) is 0.491. The molecule has 0 aromatic rings. The molecule has 0 aliphatic rings. The highest BCUT2D eigenvalue weighted by Crippen LogP contribution is 2.12. The van der Waals surface area contributed by atoms with Crippen LogP contribution in [0, 0.1) is 5.92 Å². The smallest absolute Gasteiger partial charge is 0.330 e. The molecule has 90 valence electrons. The Bertz CT molecular complexity index is 270. The maximum absolute atomic E-state index is 11.0. The molecule has 0 N–H and O–H groups in total. The summed E-state index contributed by atoms with van der Waals surface area (Å²) < 4.78 is 9.98. The van der Waals surface area contributed by atoms with E-state index in [0.29, 0.717) is 6.42 Å². The average molecular weight is 226 g/mol. The largest absolute Gasteiger partial charge is 0.462 e. The number of hydrogen-bond acceptors (Lipinski definition) is 4. The second-order valence-electron chi connectivity index (χ2n) is 3.40. The Morgan fingerprint density at radius 2 is 1.81 bits per heavy atom. The van der Waals surface area contributed by atoms with Gasteiger partial charge in [-0.05, 0) is 6.42 Å². The molecule has 4 heteroatoms. The lowest BCUT2D eigenvalue weighted by molar-refractivity contribution is -0.149. The molecule has 0 aromatic carbocycles. The summed E-state index contributed by atoms with van der Waals surface area (Å²) in [6.45, 7) is 10.6. The molecule has 0 radical (unpaired) electrons. The van der Waals surface area contributed by atoms with Crippen molar-refractivity contribution in [3.05, 3.63) is 25.3 Å². The van der Waals surface area contributed by atoms with E-state index >= 15 is 0 Å². The Labute approximate surface area is 95.9 Å². The van der Waals surface area contributed by atoms with E-state index < -0.39 is 11.9 Å². The number of hydrogen-bond donors (Lipinski definition) is 0. The zero-order chi connectivity index (χ0) is 12.6. The topological polar surface area (TPSA) is 52.6 Å². The van der Waals surface area contributed by atoms with Crippen molar-refractivity contribution in [3.8, 4) is 0 Å². The fraction of sp³-hybridized carbons (Fsp3) is 0.500. The van der Waals surface area contributed by atoms with Gasteiger partial charge in [-0.25, -0.2) is 9.59 Å². The molecule has 0 aromatic heterocycles. The van der Waals surface area contributed by atoms with Gasteiger partial charge in [-0.3, -0.25) is 0 Å². The Kier molecular flexibility index (Phi) is 6.92. The lowest BCUT2D eigenvalue weighted by Gasteiger charge is -2.21. The van der Waals surface area contributed by atoms with Gasteiger partial charge in [0.1, 0.15) is 6.10 Å². The number of carbonyl (C=O) groups excluding carboxylic acids is 2. The van der Waals surface area contributed by atoms with E-state index in [-0.39, 0.29) is 18.6 Å². The summed E-state index contributed by atoms with van der Waals surface area (Å²) >= 11 is 0. The number of carbonyl (C=O) groups is 2. The van der Waals surface area contributed by atoms with Crippen LogP contribution in [-0.4, -0.2) is 24.6 Å². The van der Waals surface area contributed by atoms with Crippen LogP contribution in [0.15, 0.2) is 25.3 Å². The predicted molar refractivity (Wildman–Crippen MR) is 60.7 cm³/mol. The first-order chi connectivity index (χ1) is 7.54. The van der Waals surface area contributed by atoms with E-state index in [1.165, 1.54) is 0 Å². The van der Waals surface area contributed by atoms with Crippen molar-refractivity contribution in [3.63, 3.8) is 0 Å². The minimum Gasteiger partial charge on any atom is -0.462 e. The van der Waals surface area contributed by atoms with Gasteiger partial charge in [0.25, 0.3) is 0 Å². The van der Waals surface area contributed by atoms with Crippen LogP contribution in [0.5, 0.6) is 0 Å². The molecule has 0 bridgehead atoms. The molecule has 0 spiro atoms. The van der Waals surface area contributed by atoms with Crippen LogP contribution < -0.4 is 0 Å². The standard InChI is InChI=1S/C12H18O4/c1-5-10(16-12(14)7-3)9(4)8-15-11(13)6-2/h6-7,9-10H,2-3,5,8H2,1,4H3. The summed E-state index contributed by atoms with van der Waals surface area (Å²) in [6, 6.07) is 0. The summed E-state index contributed by atoms with van der Waals surface area (Å²) in [5.41, 5.74) is 0. The lowest BCUT2D eigenvalue weighted by Crippen LogP contribution is -2.27. The van der Waals surface area contributed by atoms with Crippen LogP contribution >= 0.6 is 0 Å². The molecule has 0 amide bonds. The van der Waals surface area contributed by atoms with Crippen molar-refractivity contribution in [2.45, 2.75) is 26.4 Å². The SMILES string of the molecule is C=CC(=O)OCC(C)C(CC)OC(=O)C=C. The maximum atomic E-state index is 11.0. The van der Waals surface area contributed by atoms with Crippen LogP contribution in [0.3, 0.4) is 0 Å². The minimum absolute atomic E-state index is 0.0576. The van der Waals surface area contributed by atoms with Gasteiger partial charge in [0.15, 0.2) is 0 Å². The van der Waals surface area contributed by atoms with Crippen molar-refractivity contribution in [1.29, 1.82) is 0 Å². The first-order valence-corrected chi connectivity index (χ1v) is 5.17. The van der Waals surface area contributed by atoms with Crippen molar-refractivity contribution >= 4 is 11.9 Å². The van der Waals surface area contributed by atoms with Crippen LogP contribution in [-0.2, 0) is 19.1 Å². The van der Waals surface area contributed by atoms with E-state index in [2.05, 4.69) is 13.2 Å². The first kappa shape index (κ1) is 14.4. The number of rotatable bonds is 7. The highest BCUT2D eigenvalue weighted by Gasteiger charge is 2.19. The maximum Gasteiger partial charge on any atom is 0.330 e. The summed E-state index contributed by atoms with van der Waals surface area (Å²) in [6.07, 6.45) is 2.60. The second kappa shape index (κ2) is 7.68. The summed E-state index contributed by atoms with van der Waals surface area (Å²) in [5.74, 6) is -0.997. The number of ether oxygens (including phenoxy) is 2. The molecule has 2 unspecified atom stereocenters. The van der Waals surface area contributed by atoms with E-state index in [9.17, 15) is 9.59 Å². The van der Waals surface area contributed by atoms with Gasteiger partial charge in [-0.2, -0.15) is 0 Å². The van der Waals surface area contributed by atoms with E-state index in [0.717, 1.165) is 12.2 Å². The third-order valence-corrected chi connectivity index (χ3v) is 2.13. The van der Waals surface area contributed by atoms with Crippen LogP contribution in [0.25, 0.3) is 0 Å². The van der Waals surface area contributed by atoms with Crippen molar-refractivity contribution in [2.75, 3.05) is 6.61 Å². The van der Waals surface area contributed by atoms with Gasteiger partial charge in [0.05, 0.1) is 6.61 Å². The summed E-state index contributed by atoms with van der Waals surface area (Å²) in [7, 11) is 0. The molecule has 0 aliphatic carbocycles. The highest BCUT2D eigenvalue weighted by atomic mass is 16.6. The van der Waals surface area contributed by atoms with Crippen LogP contribution in [0.4, 0.5) is 0 Å². The zero-order valence-electron chi connectivity index (χ0n) is 9.77. The molecule has 2 atom stereocenters. The van der Waals surface area contributed by atoms with Gasteiger partial charge < -0.3 is 9.47 Å². The molecular weight excluding hydrogens is 208 g/mol. The van der Waals surface area contributed by atoms with E-state index in [4.69, 9.17) is 9.47 Å². The molecule has 0 saturated heterocycles. The van der Waals surface area contributed by atoms with Crippen LogP contribution in [0.2, 0.25) is 0 Å². The second-order valence-corrected chi connectivity index (χ2v) is 3.40. The van der Waals surface area contributed by atoms with Gasteiger partial charge in [-0.1, -0.05) is 27.0 Å². The average Bonchev–Trinajstić information content (AvgIpc) is 2.31. The minimum atomic E-state index is -0.475. The van der Waals surface area contributed by atoms with Gasteiger partial charge in [0, 0.05) is 18.1 Å². The van der Waals surface area contributed by atoms with Gasteiger partial charge in [0.2, 0.25) is 0 Å². The van der Waals surface area contributed by atoms with E-state index in [1.807, 2.05) is 13.8 Å². The summed E-state index contributed by atoms with van der Waals surface area (Å²) in [4.78, 5) is 21.9. The van der Waals surface area contributed by atoms with Crippen molar-refractivity contribution in [1.82, 2.24) is 0 Å². The monoisotopic (exact) mass is 226 g/mol. The van der Waals surface area contributed by atoms with E-state index in [1.54, 1.807) is 0 Å². The van der Waals surface area contributed by atoms with Crippen molar-refractivity contribution < 1.29 is 19.1 Å². The predicted octanol–water partition coefficient (Wildman–Crippen LogP) is 1.86. The van der Waals surface area contributed by atoms with Gasteiger partial charge in [-0.15, -0.1) is 0 Å². The zero-order valence-corrected chi connectivity index (χ0v) is 9.77. The Balaban J connectivity index is 4.14. The fourth-order valence-corrected chi connectivity index (χ4v) is 1.18. The fourth-order valence-electron chi connectivity index (χ4n) is 1.18. The molecular formula is C12H18O4. The molecule has 0 rings (SSSR count). The van der Waals surface area contributed by atoms with Gasteiger partial charge >= 0.3 is 11.9 Å². The summed E-state index contributed by atoms with van der Waals surface area (Å²) in [5, 5.41) is 0. The molecule has 0 saturated carbocycles. The first-order valence-electron chi connectivity index (χ1n) is 5.17. The Morgan fingerprint density at radius 3 is 2.25 bits per heavy atom. The van der Waals surface area contributed by atoms with Crippen LogP contribution in [0.1, 0.15) is 20.3 Å². The normalized spacial score (nSPS) is 13.4. The molecule has 0 fully saturated rings. The molecule has 0 heterocycles. The Morgan fingerprint density at radius 1 is 1.25 bits per heavy atom. The molecule has 16 heavy (non-hydrogen) atoms. The Hall–Kier alpha value is -1.58. The van der Waals surface area contributed by atoms with Crippen molar-refractivity contribution in [2.24, 2.45) is 5.92 Å². The molecule has 0 aliphatic heterocycles. The number of esters is 2.